The van der Waals surface area contributed by atoms with Crippen molar-refractivity contribution in [2.45, 2.75) is 31.3 Å². The summed E-state index contributed by atoms with van der Waals surface area (Å²) in [4.78, 5) is 14.6. The lowest BCUT2D eigenvalue weighted by molar-refractivity contribution is -0.129. The second-order valence-corrected chi connectivity index (χ2v) is 8.60. The van der Waals surface area contributed by atoms with Crippen LogP contribution in [0.25, 0.3) is 17.1 Å². The molecule has 7 heteroatoms. The van der Waals surface area contributed by atoms with Crippen LogP contribution in [0.2, 0.25) is 5.02 Å². The minimum Gasteiger partial charge on any atom is -0.342 e. The van der Waals surface area contributed by atoms with Gasteiger partial charge in [0.15, 0.2) is 11.0 Å². The molecular weight excluding hydrogens is 404 g/mol. The Kier molecular flexibility index (Phi) is 6.21. The third-order valence-corrected chi connectivity index (χ3v) is 6.19. The first-order valence-corrected chi connectivity index (χ1v) is 11.2. The lowest BCUT2D eigenvalue weighted by Crippen LogP contribution is -2.36. The SMILES string of the molecule is Cc1cccc(-c2nnc(SCC(=O)N3CCCCC3)n2-c2ccc(Cl)cc2)c1. The summed E-state index contributed by atoms with van der Waals surface area (Å²) in [5.41, 5.74) is 3.06. The monoisotopic (exact) mass is 426 g/mol. The molecule has 1 aliphatic heterocycles. The Morgan fingerprint density at radius 2 is 1.83 bits per heavy atom. The van der Waals surface area contributed by atoms with Crippen LogP contribution in [0.15, 0.2) is 53.7 Å². The summed E-state index contributed by atoms with van der Waals surface area (Å²) in [6.45, 7) is 3.77. The van der Waals surface area contributed by atoms with Gasteiger partial charge in [-0.15, -0.1) is 10.2 Å². The van der Waals surface area contributed by atoms with Gasteiger partial charge in [-0.3, -0.25) is 9.36 Å². The molecule has 4 rings (SSSR count). The molecule has 29 heavy (non-hydrogen) atoms. The van der Waals surface area contributed by atoms with E-state index in [4.69, 9.17) is 11.6 Å². The van der Waals surface area contributed by atoms with Gasteiger partial charge in [0.25, 0.3) is 0 Å². The van der Waals surface area contributed by atoms with E-state index in [9.17, 15) is 4.79 Å². The summed E-state index contributed by atoms with van der Waals surface area (Å²) in [6, 6.07) is 15.8. The van der Waals surface area contributed by atoms with Gasteiger partial charge in [0, 0.05) is 29.4 Å². The summed E-state index contributed by atoms with van der Waals surface area (Å²) >= 11 is 7.52. The summed E-state index contributed by atoms with van der Waals surface area (Å²) in [7, 11) is 0. The second-order valence-electron chi connectivity index (χ2n) is 7.22. The van der Waals surface area contributed by atoms with Crippen LogP contribution in [-0.2, 0) is 4.79 Å². The molecule has 1 fully saturated rings. The fourth-order valence-corrected chi connectivity index (χ4v) is 4.50. The van der Waals surface area contributed by atoms with E-state index in [-0.39, 0.29) is 5.91 Å². The average Bonchev–Trinajstić information content (AvgIpc) is 3.17. The summed E-state index contributed by atoms with van der Waals surface area (Å²) in [5, 5.41) is 10.2. The van der Waals surface area contributed by atoms with E-state index >= 15 is 0 Å². The normalized spacial score (nSPS) is 14.2. The smallest absolute Gasteiger partial charge is 0.233 e. The third kappa shape index (κ3) is 4.65. The molecule has 150 valence electrons. The quantitative estimate of drug-likeness (QED) is 0.538. The highest BCUT2D eigenvalue weighted by atomic mass is 35.5. The molecule has 0 unspecified atom stereocenters. The number of benzene rings is 2. The van der Waals surface area contributed by atoms with Gasteiger partial charge >= 0.3 is 0 Å². The number of hydrogen-bond acceptors (Lipinski definition) is 4. The van der Waals surface area contributed by atoms with Gasteiger partial charge in [0.1, 0.15) is 0 Å². The lowest BCUT2D eigenvalue weighted by Gasteiger charge is -2.26. The summed E-state index contributed by atoms with van der Waals surface area (Å²) < 4.78 is 2.00. The van der Waals surface area contributed by atoms with Crippen molar-refractivity contribution in [2.24, 2.45) is 0 Å². The van der Waals surface area contributed by atoms with E-state index in [1.807, 2.05) is 45.9 Å². The van der Waals surface area contributed by atoms with Crippen LogP contribution in [0.4, 0.5) is 0 Å². The Bertz CT molecular complexity index is 996. The molecule has 3 aromatic rings. The Morgan fingerprint density at radius 1 is 1.07 bits per heavy atom. The molecule has 2 aromatic carbocycles. The van der Waals surface area contributed by atoms with E-state index in [0.717, 1.165) is 48.6 Å². The lowest BCUT2D eigenvalue weighted by atomic mass is 10.1. The van der Waals surface area contributed by atoms with Crippen molar-refractivity contribution in [3.8, 4) is 17.1 Å². The number of likely N-dealkylation sites (tertiary alicyclic amines) is 1. The minimum absolute atomic E-state index is 0.164. The molecule has 0 radical (unpaired) electrons. The molecule has 1 aromatic heterocycles. The Morgan fingerprint density at radius 3 is 2.55 bits per heavy atom. The topological polar surface area (TPSA) is 51.0 Å². The number of carbonyl (C=O) groups is 1. The van der Waals surface area contributed by atoms with E-state index < -0.39 is 0 Å². The first kappa shape index (κ1) is 20.0. The fraction of sp³-hybridized carbons (Fsp3) is 0.318. The number of aryl methyl sites for hydroxylation is 1. The number of amides is 1. The molecule has 0 saturated carbocycles. The molecule has 0 N–H and O–H groups in total. The molecule has 1 aliphatic rings. The minimum atomic E-state index is 0.164. The first-order chi connectivity index (χ1) is 14.1. The highest BCUT2D eigenvalue weighted by molar-refractivity contribution is 7.99. The van der Waals surface area contributed by atoms with Gasteiger partial charge in [-0.1, -0.05) is 47.1 Å². The van der Waals surface area contributed by atoms with Crippen LogP contribution in [0.3, 0.4) is 0 Å². The van der Waals surface area contributed by atoms with Crippen molar-refractivity contribution in [2.75, 3.05) is 18.8 Å². The number of hydrogen-bond donors (Lipinski definition) is 0. The molecular formula is C22H23ClN4OS. The maximum absolute atomic E-state index is 12.6. The number of aromatic nitrogens is 3. The predicted octanol–water partition coefficient (Wildman–Crippen LogP) is 5.00. The van der Waals surface area contributed by atoms with E-state index in [1.54, 1.807) is 0 Å². The highest BCUT2D eigenvalue weighted by Gasteiger charge is 2.20. The number of rotatable bonds is 5. The van der Waals surface area contributed by atoms with E-state index in [0.29, 0.717) is 15.9 Å². The largest absolute Gasteiger partial charge is 0.342 e. The van der Waals surface area contributed by atoms with E-state index in [2.05, 4.69) is 29.3 Å². The molecule has 1 amide bonds. The van der Waals surface area contributed by atoms with Crippen LogP contribution in [0.5, 0.6) is 0 Å². The third-order valence-electron chi connectivity index (χ3n) is 5.03. The number of thioether (sulfide) groups is 1. The molecule has 1 saturated heterocycles. The molecule has 5 nitrogen and oxygen atoms in total. The van der Waals surface area contributed by atoms with E-state index in [1.165, 1.54) is 18.2 Å². The van der Waals surface area contributed by atoms with Crippen molar-refractivity contribution in [3.05, 3.63) is 59.1 Å². The van der Waals surface area contributed by atoms with Gasteiger partial charge in [0.2, 0.25) is 5.91 Å². The highest BCUT2D eigenvalue weighted by Crippen LogP contribution is 2.29. The molecule has 2 heterocycles. The zero-order valence-corrected chi connectivity index (χ0v) is 17.9. The van der Waals surface area contributed by atoms with Gasteiger partial charge < -0.3 is 4.90 Å². The van der Waals surface area contributed by atoms with Crippen molar-refractivity contribution in [3.63, 3.8) is 0 Å². The van der Waals surface area contributed by atoms with Crippen LogP contribution in [-0.4, -0.2) is 44.4 Å². The number of carbonyl (C=O) groups excluding carboxylic acids is 1. The van der Waals surface area contributed by atoms with Crippen molar-refractivity contribution in [1.82, 2.24) is 19.7 Å². The Balaban J connectivity index is 1.64. The maximum Gasteiger partial charge on any atom is 0.233 e. The zero-order chi connectivity index (χ0) is 20.2. The van der Waals surface area contributed by atoms with Crippen LogP contribution < -0.4 is 0 Å². The summed E-state index contributed by atoms with van der Waals surface area (Å²) in [5.74, 6) is 1.28. The zero-order valence-electron chi connectivity index (χ0n) is 16.3. The standard InChI is InChI=1S/C22H23ClN4OS/c1-16-6-5-7-17(14-16)21-24-25-22(27(21)19-10-8-18(23)9-11-19)29-15-20(28)26-12-3-2-4-13-26/h5-11,14H,2-4,12-13,15H2,1H3. The molecule has 0 atom stereocenters. The second kappa shape index (κ2) is 9.01. The van der Waals surface area contributed by atoms with Crippen molar-refractivity contribution >= 4 is 29.3 Å². The van der Waals surface area contributed by atoms with Crippen LogP contribution in [0, 0.1) is 6.92 Å². The molecule has 0 aliphatic carbocycles. The van der Waals surface area contributed by atoms with Gasteiger partial charge in [-0.25, -0.2) is 0 Å². The Labute approximate surface area is 180 Å². The van der Waals surface area contributed by atoms with Crippen molar-refractivity contribution < 1.29 is 4.79 Å². The number of nitrogens with zero attached hydrogens (tertiary/aromatic N) is 4. The number of piperidine rings is 1. The molecule has 0 bridgehead atoms. The van der Waals surface area contributed by atoms with Crippen molar-refractivity contribution in [1.29, 1.82) is 0 Å². The van der Waals surface area contributed by atoms with Gasteiger partial charge in [-0.2, -0.15) is 0 Å². The van der Waals surface area contributed by atoms with Gasteiger partial charge in [-0.05, 0) is 56.5 Å². The van der Waals surface area contributed by atoms with Gasteiger partial charge in [0.05, 0.1) is 5.75 Å². The number of halogens is 1. The van der Waals surface area contributed by atoms with Crippen LogP contribution >= 0.6 is 23.4 Å². The summed E-state index contributed by atoms with van der Waals surface area (Å²) in [6.07, 6.45) is 3.39. The first-order valence-electron chi connectivity index (χ1n) is 9.81. The maximum atomic E-state index is 12.6. The molecule has 0 spiro atoms. The van der Waals surface area contributed by atoms with Crippen LogP contribution in [0.1, 0.15) is 24.8 Å². The Hall–Kier alpha value is -2.31. The average molecular weight is 427 g/mol. The predicted molar refractivity (Wildman–Crippen MR) is 118 cm³/mol. The fourth-order valence-electron chi connectivity index (χ4n) is 3.52.